The Labute approximate surface area is 116 Å². The molecule has 1 aromatic carbocycles. The molecule has 0 saturated carbocycles. The largest absolute Gasteiger partial charge is 0.377 e. The fraction of sp³-hybridized carbons (Fsp3) is 0.267. The molecule has 0 amide bonds. The van der Waals surface area contributed by atoms with Crippen molar-refractivity contribution < 1.29 is 4.74 Å². The maximum absolute atomic E-state index is 5.68. The molecule has 94 valence electrons. The molecule has 0 radical (unpaired) electrons. The number of hydrogen-bond acceptors (Lipinski definition) is 2. The molecule has 0 atom stereocenters. The molecule has 0 aliphatic heterocycles. The highest BCUT2D eigenvalue weighted by molar-refractivity contribution is 9.10. The van der Waals surface area contributed by atoms with Crippen molar-refractivity contribution in [2.45, 2.75) is 19.4 Å². The van der Waals surface area contributed by atoms with E-state index < -0.39 is 0 Å². The summed E-state index contributed by atoms with van der Waals surface area (Å²) in [5.74, 6) is 0. The van der Waals surface area contributed by atoms with Crippen molar-refractivity contribution >= 4 is 15.9 Å². The van der Waals surface area contributed by atoms with Crippen molar-refractivity contribution in [2.24, 2.45) is 0 Å². The average Bonchev–Trinajstić information content (AvgIpc) is 2.42. The molecule has 0 aliphatic carbocycles. The van der Waals surface area contributed by atoms with Crippen molar-refractivity contribution in [1.82, 2.24) is 4.98 Å². The van der Waals surface area contributed by atoms with Crippen molar-refractivity contribution in [2.75, 3.05) is 6.61 Å². The van der Waals surface area contributed by atoms with E-state index in [1.54, 1.807) is 0 Å². The van der Waals surface area contributed by atoms with E-state index in [1.165, 1.54) is 11.1 Å². The first-order valence-electron chi connectivity index (χ1n) is 6.06. The van der Waals surface area contributed by atoms with Gasteiger partial charge in [0, 0.05) is 23.5 Å². The van der Waals surface area contributed by atoms with E-state index in [0.717, 1.165) is 23.9 Å². The monoisotopic (exact) mass is 305 g/mol. The average molecular weight is 306 g/mol. The minimum atomic E-state index is 0.664. The van der Waals surface area contributed by atoms with Crippen molar-refractivity contribution in [3.63, 3.8) is 0 Å². The number of benzene rings is 1. The van der Waals surface area contributed by atoms with Crippen LogP contribution in [0.25, 0.3) is 0 Å². The molecule has 2 aromatic rings. The van der Waals surface area contributed by atoms with E-state index in [1.807, 2.05) is 42.7 Å². The van der Waals surface area contributed by atoms with Gasteiger partial charge in [-0.1, -0.05) is 34.1 Å². The molecule has 0 bridgehead atoms. The van der Waals surface area contributed by atoms with Gasteiger partial charge in [0.25, 0.3) is 0 Å². The van der Waals surface area contributed by atoms with Crippen LogP contribution < -0.4 is 0 Å². The fourth-order valence-corrected chi connectivity index (χ4v) is 2.12. The van der Waals surface area contributed by atoms with Crippen LogP contribution >= 0.6 is 15.9 Å². The molecule has 1 heterocycles. The minimum Gasteiger partial charge on any atom is -0.377 e. The molecular weight excluding hydrogens is 290 g/mol. The van der Waals surface area contributed by atoms with Gasteiger partial charge in [0.2, 0.25) is 0 Å². The Bertz CT molecular complexity index is 473. The predicted molar refractivity (Wildman–Crippen MR) is 76.4 cm³/mol. The maximum atomic E-state index is 5.68. The zero-order chi connectivity index (χ0) is 12.6. The number of hydrogen-bond donors (Lipinski definition) is 0. The maximum Gasteiger partial charge on any atom is 0.0727 e. The number of aromatic nitrogens is 1. The van der Waals surface area contributed by atoms with Crippen LogP contribution in [-0.4, -0.2) is 11.6 Å². The van der Waals surface area contributed by atoms with Gasteiger partial charge in [0.05, 0.1) is 6.61 Å². The molecule has 0 N–H and O–H groups in total. The lowest BCUT2D eigenvalue weighted by atomic mass is 10.1. The topological polar surface area (TPSA) is 22.1 Å². The quantitative estimate of drug-likeness (QED) is 0.753. The first-order valence-corrected chi connectivity index (χ1v) is 6.85. The van der Waals surface area contributed by atoms with E-state index >= 15 is 0 Å². The van der Waals surface area contributed by atoms with Crippen LogP contribution in [0.1, 0.15) is 17.5 Å². The van der Waals surface area contributed by atoms with Crippen LogP contribution in [0.15, 0.2) is 53.3 Å². The Morgan fingerprint density at radius 2 is 1.83 bits per heavy atom. The van der Waals surface area contributed by atoms with Gasteiger partial charge in [-0.3, -0.25) is 4.98 Å². The van der Waals surface area contributed by atoms with Crippen LogP contribution in [0.5, 0.6) is 0 Å². The summed E-state index contributed by atoms with van der Waals surface area (Å²) in [7, 11) is 0. The van der Waals surface area contributed by atoms with Crippen LogP contribution in [0.3, 0.4) is 0 Å². The molecule has 0 fully saturated rings. The first-order chi connectivity index (χ1) is 8.86. The summed E-state index contributed by atoms with van der Waals surface area (Å²) in [5, 5.41) is 0. The normalized spacial score (nSPS) is 10.5. The molecule has 0 saturated heterocycles. The van der Waals surface area contributed by atoms with Crippen LogP contribution in [0.4, 0.5) is 0 Å². The third kappa shape index (κ3) is 4.24. The van der Waals surface area contributed by atoms with Crippen molar-refractivity contribution in [1.29, 1.82) is 0 Å². The zero-order valence-corrected chi connectivity index (χ0v) is 11.8. The summed E-state index contributed by atoms with van der Waals surface area (Å²) < 4.78 is 6.79. The Hall–Kier alpha value is -1.19. The Kier molecular flexibility index (Phi) is 5.36. The number of nitrogens with zero attached hydrogens (tertiary/aromatic N) is 1. The fourth-order valence-electron chi connectivity index (χ4n) is 1.73. The summed E-state index contributed by atoms with van der Waals surface area (Å²) in [6, 6.07) is 12.3. The molecule has 2 nitrogen and oxygen atoms in total. The number of ether oxygens (including phenoxy) is 1. The molecule has 0 spiro atoms. The third-order valence-electron chi connectivity index (χ3n) is 2.72. The second-order valence-corrected chi connectivity index (χ2v) is 4.96. The van der Waals surface area contributed by atoms with Gasteiger partial charge in [-0.15, -0.1) is 0 Å². The van der Waals surface area contributed by atoms with Gasteiger partial charge in [0.1, 0.15) is 0 Å². The van der Waals surface area contributed by atoms with Gasteiger partial charge in [0.15, 0.2) is 0 Å². The number of rotatable bonds is 6. The minimum absolute atomic E-state index is 0.664. The summed E-state index contributed by atoms with van der Waals surface area (Å²) in [6.07, 6.45) is 5.74. The Morgan fingerprint density at radius 1 is 1.06 bits per heavy atom. The van der Waals surface area contributed by atoms with Gasteiger partial charge >= 0.3 is 0 Å². The number of pyridine rings is 1. The van der Waals surface area contributed by atoms with Crippen molar-refractivity contribution in [3.8, 4) is 0 Å². The molecule has 1 aromatic heterocycles. The molecule has 18 heavy (non-hydrogen) atoms. The van der Waals surface area contributed by atoms with E-state index in [4.69, 9.17) is 4.74 Å². The van der Waals surface area contributed by atoms with E-state index in [0.29, 0.717) is 6.61 Å². The standard InChI is InChI=1S/C15H16BrNO/c16-15-6-2-1-5-14(15)12-18-11-3-4-13-7-9-17-10-8-13/h1-2,5-10H,3-4,11-12H2. The highest BCUT2D eigenvalue weighted by Crippen LogP contribution is 2.16. The molecule has 3 heteroatoms. The third-order valence-corrected chi connectivity index (χ3v) is 3.49. The lowest BCUT2D eigenvalue weighted by Crippen LogP contribution is -1.98. The number of halogens is 1. The van der Waals surface area contributed by atoms with Gasteiger partial charge < -0.3 is 4.74 Å². The highest BCUT2D eigenvalue weighted by atomic mass is 79.9. The van der Waals surface area contributed by atoms with E-state index in [-0.39, 0.29) is 0 Å². The smallest absolute Gasteiger partial charge is 0.0727 e. The summed E-state index contributed by atoms with van der Waals surface area (Å²) in [4.78, 5) is 4.00. The lowest BCUT2D eigenvalue weighted by molar-refractivity contribution is 0.118. The van der Waals surface area contributed by atoms with Gasteiger partial charge in [-0.2, -0.15) is 0 Å². The van der Waals surface area contributed by atoms with Crippen LogP contribution in [0, 0.1) is 0 Å². The Balaban J connectivity index is 1.66. The summed E-state index contributed by atoms with van der Waals surface area (Å²) in [5.41, 5.74) is 2.51. The molecule has 2 rings (SSSR count). The summed E-state index contributed by atoms with van der Waals surface area (Å²) in [6.45, 7) is 1.45. The van der Waals surface area contributed by atoms with Crippen LogP contribution in [0.2, 0.25) is 0 Å². The zero-order valence-electron chi connectivity index (χ0n) is 10.2. The van der Waals surface area contributed by atoms with Crippen molar-refractivity contribution in [3.05, 3.63) is 64.4 Å². The highest BCUT2D eigenvalue weighted by Gasteiger charge is 1.98. The predicted octanol–water partition coefficient (Wildman–Crippen LogP) is 3.99. The second-order valence-electron chi connectivity index (χ2n) is 4.10. The Morgan fingerprint density at radius 3 is 2.61 bits per heavy atom. The molecule has 0 aliphatic rings. The molecule has 0 unspecified atom stereocenters. The number of aryl methyl sites for hydroxylation is 1. The summed E-state index contributed by atoms with van der Waals surface area (Å²) >= 11 is 3.52. The SMILES string of the molecule is Brc1ccccc1COCCCc1ccncc1. The van der Waals surface area contributed by atoms with E-state index in [9.17, 15) is 0 Å². The van der Waals surface area contributed by atoms with E-state index in [2.05, 4.69) is 27.0 Å². The lowest BCUT2D eigenvalue weighted by Gasteiger charge is -2.06. The van der Waals surface area contributed by atoms with Gasteiger partial charge in [-0.05, 0) is 42.2 Å². The van der Waals surface area contributed by atoms with Gasteiger partial charge in [-0.25, -0.2) is 0 Å². The van der Waals surface area contributed by atoms with Crippen LogP contribution in [-0.2, 0) is 17.8 Å². The molecular formula is C15H16BrNO. The first kappa shape index (κ1) is 13.2. The second kappa shape index (κ2) is 7.29.